The number of nitrogens with one attached hydrogen (secondary N) is 1. The molecule has 1 saturated heterocycles. The molecule has 4 heterocycles. The van der Waals surface area contributed by atoms with Crippen molar-refractivity contribution < 1.29 is 9.53 Å². The third-order valence-corrected chi connectivity index (χ3v) is 8.78. The van der Waals surface area contributed by atoms with Crippen LogP contribution >= 0.6 is 34.4 Å². The van der Waals surface area contributed by atoms with Crippen LogP contribution in [0.3, 0.4) is 0 Å². The zero-order chi connectivity index (χ0) is 21.9. The normalized spacial score (nSPS) is 17.8. The van der Waals surface area contributed by atoms with Crippen LogP contribution in [0, 0.1) is 11.3 Å². The molecule has 1 aliphatic heterocycles. The number of aryl methyl sites for hydroxylation is 1. The number of ether oxygens (including phenoxy) is 1. The number of anilines is 1. The number of carbonyl (C=O) groups excluding carboxylic acids is 1. The average molecular weight is 486 g/mol. The van der Waals surface area contributed by atoms with Gasteiger partial charge in [-0.05, 0) is 55.5 Å². The van der Waals surface area contributed by atoms with Crippen LogP contribution in [0.25, 0.3) is 10.7 Å². The number of amides is 1. The van der Waals surface area contributed by atoms with E-state index in [9.17, 15) is 10.1 Å². The number of nitriles is 1. The van der Waals surface area contributed by atoms with Gasteiger partial charge in [0.05, 0.1) is 28.8 Å². The lowest BCUT2D eigenvalue weighted by molar-refractivity contribution is -0.113. The highest BCUT2D eigenvalue weighted by Gasteiger charge is 2.24. The van der Waals surface area contributed by atoms with Gasteiger partial charge in [0.15, 0.2) is 11.0 Å². The molecule has 1 aliphatic carbocycles. The van der Waals surface area contributed by atoms with Crippen molar-refractivity contribution in [2.75, 3.05) is 17.7 Å². The first-order chi connectivity index (χ1) is 15.7. The standard InChI is InChI=1S/C22H23N5O2S3/c23-11-16-15-6-1-2-7-17(15)32-21(16)24-19(28)13-31-22-26-25-20(18-8-4-10-30-18)27(22)12-14-5-3-9-29-14/h4,8,10,14H,1-3,5-7,9,12-13H2,(H,24,28)/t14-/m1/s1. The molecule has 5 rings (SSSR count). The predicted octanol–water partition coefficient (Wildman–Crippen LogP) is 4.73. The fourth-order valence-corrected chi connectivity index (χ4v) is 6.93. The van der Waals surface area contributed by atoms with Crippen LogP contribution in [0.2, 0.25) is 0 Å². The summed E-state index contributed by atoms with van der Waals surface area (Å²) in [6, 6.07) is 6.33. The minimum absolute atomic E-state index is 0.130. The summed E-state index contributed by atoms with van der Waals surface area (Å²) in [4.78, 5) is 15.0. The fourth-order valence-electron chi connectivity index (χ4n) is 4.21. The quantitative estimate of drug-likeness (QED) is 0.487. The Morgan fingerprint density at radius 3 is 3.03 bits per heavy atom. The maximum absolute atomic E-state index is 12.7. The summed E-state index contributed by atoms with van der Waals surface area (Å²) < 4.78 is 7.91. The second-order valence-corrected chi connectivity index (χ2v) is 10.9. The number of hydrogen-bond donors (Lipinski definition) is 1. The lowest BCUT2D eigenvalue weighted by Gasteiger charge is -2.14. The first-order valence-corrected chi connectivity index (χ1v) is 13.5. The van der Waals surface area contributed by atoms with E-state index in [4.69, 9.17) is 4.74 Å². The predicted molar refractivity (Wildman–Crippen MR) is 127 cm³/mol. The summed E-state index contributed by atoms with van der Waals surface area (Å²) >= 11 is 4.55. The van der Waals surface area contributed by atoms with Gasteiger partial charge in [-0.2, -0.15) is 5.26 Å². The van der Waals surface area contributed by atoms with Crippen LogP contribution in [-0.4, -0.2) is 39.1 Å². The number of carbonyl (C=O) groups is 1. The molecule has 2 aliphatic rings. The van der Waals surface area contributed by atoms with Gasteiger partial charge in [0.2, 0.25) is 5.91 Å². The van der Waals surface area contributed by atoms with Crippen molar-refractivity contribution in [2.24, 2.45) is 0 Å². The van der Waals surface area contributed by atoms with Gasteiger partial charge in [0.1, 0.15) is 11.1 Å². The molecule has 3 aromatic heterocycles. The smallest absolute Gasteiger partial charge is 0.235 e. The zero-order valence-electron chi connectivity index (χ0n) is 17.5. The van der Waals surface area contributed by atoms with Gasteiger partial charge in [0, 0.05) is 11.5 Å². The Hall–Kier alpha value is -2.19. The molecule has 3 aromatic rings. The summed E-state index contributed by atoms with van der Waals surface area (Å²) in [5.41, 5.74) is 1.77. The van der Waals surface area contributed by atoms with Crippen molar-refractivity contribution in [1.29, 1.82) is 5.26 Å². The third kappa shape index (κ3) is 4.48. The Bertz CT molecular complexity index is 1140. The Morgan fingerprint density at radius 1 is 1.34 bits per heavy atom. The van der Waals surface area contributed by atoms with Crippen LogP contribution < -0.4 is 5.32 Å². The summed E-state index contributed by atoms with van der Waals surface area (Å²) in [5, 5.41) is 24.8. The van der Waals surface area contributed by atoms with Gasteiger partial charge in [0.25, 0.3) is 0 Å². The molecule has 0 aromatic carbocycles. The van der Waals surface area contributed by atoms with E-state index < -0.39 is 0 Å². The molecule has 1 fully saturated rings. The molecule has 1 amide bonds. The molecule has 0 saturated carbocycles. The van der Waals surface area contributed by atoms with E-state index in [1.807, 2.05) is 17.5 Å². The van der Waals surface area contributed by atoms with Crippen molar-refractivity contribution >= 4 is 45.3 Å². The topological polar surface area (TPSA) is 92.8 Å². The molecular formula is C22H23N5O2S3. The van der Waals surface area contributed by atoms with Gasteiger partial charge in [-0.1, -0.05) is 17.8 Å². The molecule has 0 radical (unpaired) electrons. The van der Waals surface area contributed by atoms with Crippen molar-refractivity contribution in [1.82, 2.24) is 14.8 Å². The summed E-state index contributed by atoms with van der Waals surface area (Å²) in [5.74, 6) is 0.896. The highest BCUT2D eigenvalue weighted by Crippen LogP contribution is 2.38. The van der Waals surface area contributed by atoms with Crippen LogP contribution in [0.1, 0.15) is 41.7 Å². The zero-order valence-corrected chi connectivity index (χ0v) is 20.0. The number of aromatic nitrogens is 3. The molecular weight excluding hydrogens is 462 g/mol. The Labute approximate surface area is 198 Å². The number of thiophene rings is 2. The fraction of sp³-hybridized carbons (Fsp3) is 0.455. The molecule has 1 atom stereocenters. The summed E-state index contributed by atoms with van der Waals surface area (Å²) in [6.45, 7) is 1.47. The number of nitrogens with zero attached hydrogens (tertiary/aromatic N) is 4. The molecule has 7 nitrogen and oxygen atoms in total. The second-order valence-electron chi connectivity index (χ2n) is 7.89. The molecule has 1 N–H and O–H groups in total. The van der Waals surface area contributed by atoms with Crippen LogP contribution in [0.5, 0.6) is 0 Å². The Morgan fingerprint density at radius 2 is 2.25 bits per heavy atom. The maximum Gasteiger partial charge on any atom is 0.235 e. The maximum atomic E-state index is 12.7. The summed E-state index contributed by atoms with van der Waals surface area (Å²) in [7, 11) is 0. The van der Waals surface area contributed by atoms with Crippen LogP contribution in [0.15, 0.2) is 22.7 Å². The Balaban J connectivity index is 1.30. The van der Waals surface area contributed by atoms with Crippen molar-refractivity contribution in [3.8, 4) is 16.8 Å². The van der Waals surface area contributed by atoms with Crippen molar-refractivity contribution in [2.45, 2.75) is 56.3 Å². The van der Waals surface area contributed by atoms with E-state index in [1.165, 1.54) is 16.6 Å². The molecule has 32 heavy (non-hydrogen) atoms. The lowest BCUT2D eigenvalue weighted by Crippen LogP contribution is -2.18. The Kier molecular flexibility index (Phi) is 6.59. The van der Waals surface area contributed by atoms with Crippen LogP contribution in [0.4, 0.5) is 5.00 Å². The van der Waals surface area contributed by atoms with Gasteiger partial charge < -0.3 is 10.1 Å². The van der Waals surface area contributed by atoms with Gasteiger partial charge >= 0.3 is 0 Å². The van der Waals surface area contributed by atoms with E-state index in [0.717, 1.165) is 61.4 Å². The summed E-state index contributed by atoms with van der Waals surface area (Å²) in [6.07, 6.45) is 6.41. The highest BCUT2D eigenvalue weighted by molar-refractivity contribution is 7.99. The third-order valence-electron chi connectivity index (χ3n) is 5.74. The molecule has 0 spiro atoms. The largest absolute Gasteiger partial charge is 0.376 e. The molecule has 10 heteroatoms. The molecule has 166 valence electrons. The minimum Gasteiger partial charge on any atom is -0.376 e. The van der Waals surface area contributed by atoms with Crippen molar-refractivity contribution in [3.63, 3.8) is 0 Å². The van der Waals surface area contributed by atoms with E-state index >= 15 is 0 Å². The minimum atomic E-state index is -0.130. The second kappa shape index (κ2) is 9.75. The van der Waals surface area contributed by atoms with Gasteiger partial charge in [-0.15, -0.1) is 32.9 Å². The van der Waals surface area contributed by atoms with E-state index in [0.29, 0.717) is 22.3 Å². The van der Waals surface area contributed by atoms with E-state index in [2.05, 4.69) is 26.2 Å². The first-order valence-electron chi connectivity index (χ1n) is 10.8. The first kappa shape index (κ1) is 21.6. The number of hydrogen-bond acceptors (Lipinski definition) is 8. The molecule has 0 bridgehead atoms. The number of thioether (sulfide) groups is 1. The number of rotatable bonds is 7. The van der Waals surface area contributed by atoms with Crippen molar-refractivity contribution in [3.05, 3.63) is 33.5 Å². The molecule has 0 unspecified atom stereocenters. The van der Waals surface area contributed by atoms with Gasteiger partial charge in [-0.25, -0.2) is 0 Å². The van der Waals surface area contributed by atoms with Gasteiger partial charge in [-0.3, -0.25) is 9.36 Å². The van der Waals surface area contributed by atoms with E-state index in [-0.39, 0.29) is 17.8 Å². The number of fused-ring (bicyclic) bond motifs is 1. The van der Waals surface area contributed by atoms with E-state index in [1.54, 1.807) is 22.7 Å². The average Bonchev–Trinajstić information content (AvgIpc) is 3.59. The lowest BCUT2D eigenvalue weighted by atomic mass is 9.96. The monoisotopic (exact) mass is 485 g/mol. The highest BCUT2D eigenvalue weighted by atomic mass is 32.2. The SMILES string of the molecule is N#Cc1c(NC(=O)CSc2nnc(-c3cccs3)n2C[C@H]2CCCO2)sc2c1CCCC2. The van der Waals surface area contributed by atoms with Crippen LogP contribution in [-0.2, 0) is 28.9 Å².